The molecule has 0 aliphatic carbocycles. The van der Waals surface area contributed by atoms with Crippen molar-refractivity contribution in [1.29, 1.82) is 0 Å². The fourth-order valence-electron chi connectivity index (χ4n) is 3.49. The van der Waals surface area contributed by atoms with Crippen LogP contribution in [-0.2, 0) is 18.6 Å². The summed E-state index contributed by atoms with van der Waals surface area (Å²) in [5.41, 5.74) is 0. The van der Waals surface area contributed by atoms with Gasteiger partial charge in [-0.1, -0.05) is 103 Å². The molecule has 0 heterocycles. The molecule has 29 heavy (non-hydrogen) atoms. The predicted molar refractivity (Wildman–Crippen MR) is 121 cm³/mol. The Hall–Kier alpha value is 0.0700. The maximum atomic E-state index is 11.4. The first-order valence-electron chi connectivity index (χ1n) is 12.0. The van der Waals surface area contributed by atoms with Crippen LogP contribution >= 0.6 is 7.60 Å². The van der Waals surface area contributed by atoms with Crippen molar-refractivity contribution in [3.63, 3.8) is 0 Å². The zero-order chi connectivity index (χ0) is 21.6. The van der Waals surface area contributed by atoms with E-state index < -0.39 is 13.7 Å². The Balaban J connectivity index is 3.26. The predicted octanol–water partition coefficient (Wildman–Crippen LogP) is 6.48. The highest BCUT2D eigenvalue weighted by Crippen LogP contribution is 2.36. The molecule has 0 aromatic rings. The number of rotatable bonds is 23. The third kappa shape index (κ3) is 21.1. The molecule has 0 N–H and O–H groups in total. The van der Waals surface area contributed by atoms with Crippen molar-refractivity contribution < 1.29 is 23.5 Å². The van der Waals surface area contributed by atoms with Crippen LogP contribution in [0.15, 0.2) is 0 Å². The van der Waals surface area contributed by atoms with Crippen molar-refractivity contribution >= 4 is 7.60 Å². The van der Waals surface area contributed by atoms with Gasteiger partial charge in [-0.3, -0.25) is 0 Å². The van der Waals surface area contributed by atoms with E-state index in [2.05, 4.69) is 11.4 Å². The van der Waals surface area contributed by atoms with Gasteiger partial charge in [0.1, 0.15) is 7.60 Å². The Morgan fingerprint density at radius 3 is 1.52 bits per heavy atom. The van der Waals surface area contributed by atoms with E-state index in [1.165, 1.54) is 111 Å². The maximum absolute atomic E-state index is 11.4. The zero-order valence-electron chi connectivity index (χ0n) is 19.5. The van der Waals surface area contributed by atoms with Crippen LogP contribution < -0.4 is 4.89 Å². The Kier molecular flexibility index (Phi) is 21.4. The first-order chi connectivity index (χ1) is 14.1. The van der Waals surface area contributed by atoms with Crippen molar-refractivity contribution in [1.82, 2.24) is 0 Å². The van der Waals surface area contributed by atoms with Gasteiger partial charge in [0.25, 0.3) is 0 Å². The van der Waals surface area contributed by atoms with E-state index in [9.17, 15) is 9.46 Å². The molecule has 0 rings (SSSR count). The molecule has 0 aliphatic heterocycles. The standard InChI is InChI=1S/C23H49O5P/c1-4-5-6-7-8-9-10-11-12-13-14-15-16-17-18-19-20-28-21-23(26-2)22-29(24,25)27-3/h23H,4-22H2,1-3H3,(H,24,25)/p-1/t23-/m1/s1. The molecule has 0 amide bonds. The van der Waals surface area contributed by atoms with Crippen LogP contribution in [0.1, 0.15) is 110 Å². The second-order valence-electron chi connectivity index (χ2n) is 8.21. The molecule has 5 nitrogen and oxygen atoms in total. The quantitative estimate of drug-likeness (QED) is 0.136. The number of ether oxygens (including phenoxy) is 2. The van der Waals surface area contributed by atoms with Crippen molar-refractivity contribution in [2.45, 2.75) is 116 Å². The van der Waals surface area contributed by atoms with Crippen LogP contribution in [-0.4, -0.2) is 39.7 Å². The Bertz CT molecular complexity index is 378. The van der Waals surface area contributed by atoms with Crippen molar-refractivity contribution in [3.8, 4) is 0 Å². The van der Waals surface area contributed by atoms with Crippen LogP contribution in [0.4, 0.5) is 0 Å². The monoisotopic (exact) mass is 435 g/mol. The Labute approximate surface area is 180 Å². The van der Waals surface area contributed by atoms with E-state index in [1.54, 1.807) is 0 Å². The minimum Gasteiger partial charge on any atom is -0.778 e. The second kappa shape index (κ2) is 21.3. The van der Waals surface area contributed by atoms with Gasteiger partial charge in [0.15, 0.2) is 0 Å². The number of hydrogen-bond donors (Lipinski definition) is 0. The molecule has 0 aromatic carbocycles. The molecule has 0 saturated carbocycles. The van der Waals surface area contributed by atoms with Gasteiger partial charge in [-0.2, -0.15) is 0 Å². The maximum Gasteiger partial charge on any atom is 0.137 e. The summed E-state index contributed by atoms with van der Waals surface area (Å²) in [5, 5.41) is 0. The third-order valence-corrected chi connectivity index (χ3v) is 6.90. The lowest BCUT2D eigenvalue weighted by Gasteiger charge is -2.25. The van der Waals surface area contributed by atoms with Gasteiger partial charge < -0.3 is 23.5 Å². The highest BCUT2D eigenvalue weighted by molar-refractivity contribution is 7.51. The fourth-order valence-corrected chi connectivity index (χ4v) is 4.39. The molecule has 6 heteroatoms. The minimum atomic E-state index is -3.79. The fraction of sp³-hybridized carbons (Fsp3) is 1.00. The van der Waals surface area contributed by atoms with E-state index in [-0.39, 0.29) is 6.16 Å². The van der Waals surface area contributed by atoms with Crippen LogP contribution in [0.3, 0.4) is 0 Å². The molecule has 0 saturated heterocycles. The number of unbranched alkanes of at least 4 members (excludes halogenated alkanes) is 15. The summed E-state index contributed by atoms with van der Waals surface area (Å²) in [5.74, 6) is 0. The summed E-state index contributed by atoms with van der Waals surface area (Å²) in [6.45, 7) is 3.23. The van der Waals surface area contributed by atoms with Crippen LogP contribution in [0.5, 0.6) is 0 Å². The molecule has 0 radical (unpaired) electrons. The topological polar surface area (TPSA) is 67.8 Å². The summed E-state index contributed by atoms with van der Waals surface area (Å²) >= 11 is 0. The average Bonchev–Trinajstić information content (AvgIpc) is 2.71. The van der Waals surface area contributed by atoms with E-state index in [0.29, 0.717) is 13.2 Å². The molecule has 0 spiro atoms. The van der Waals surface area contributed by atoms with E-state index in [4.69, 9.17) is 9.47 Å². The Morgan fingerprint density at radius 2 is 1.14 bits per heavy atom. The summed E-state index contributed by atoms with van der Waals surface area (Å²) in [6.07, 6.45) is 21.0. The lowest BCUT2D eigenvalue weighted by atomic mass is 10.0. The molecular formula is C23H48O5P-. The molecule has 0 aliphatic rings. The molecule has 2 atom stereocenters. The van der Waals surface area contributed by atoms with Gasteiger partial charge in [0, 0.05) is 27.0 Å². The molecule has 0 bridgehead atoms. The highest BCUT2D eigenvalue weighted by atomic mass is 31.2. The van der Waals surface area contributed by atoms with Crippen molar-refractivity contribution in [3.05, 3.63) is 0 Å². The molecule has 0 aromatic heterocycles. The van der Waals surface area contributed by atoms with Crippen LogP contribution in [0.2, 0.25) is 0 Å². The van der Waals surface area contributed by atoms with Gasteiger partial charge >= 0.3 is 0 Å². The molecule has 0 fully saturated rings. The first-order valence-corrected chi connectivity index (χ1v) is 13.7. The first kappa shape index (κ1) is 29.1. The Morgan fingerprint density at radius 1 is 0.724 bits per heavy atom. The lowest BCUT2D eigenvalue weighted by Crippen LogP contribution is -2.26. The smallest absolute Gasteiger partial charge is 0.137 e. The summed E-state index contributed by atoms with van der Waals surface area (Å²) in [6, 6.07) is 0. The van der Waals surface area contributed by atoms with Gasteiger partial charge in [-0.25, -0.2) is 0 Å². The van der Waals surface area contributed by atoms with E-state index in [0.717, 1.165) is 6.42 Å². The van der Waals surface area contributed by atoms with Crippen LogP contribution in [0, 0.1) is 0 Å². The number of methoxy groups -OCH3 is 1. The van der Waals surface area contributed by atoms with Gasteiger partial charge in [0.05, 0.1) is 12.7 Å². The SMILES string of the molecule is CCCCCCCCCCCCCCCCCCOC[C@H](CP(=O)([O-])OC)OC. The zero-order valence-corrected chi connectivity index (χ0v) is 20.4. The minimum absolute atomic E-state index is 0.140. The third-order valence-electron chi connectivity index (χ3n) is 5.48. The van der Waals surface area contributed by atoms with Crippen LogP contribution in [0.25, 0.3) is 0 Å². The molecule has 176 valence electrons. The largest absolute Gasteiger partial charge is 0.778 e. The normalized spacial score (nSPS) is 14.8. The summed E-state index contributed by atoms with van der Waals surface area (Å²) in [7, 11) is -1.12. The van der Waals surface area contributed by atoms with Crippen molar-refractivity contribution in [2.75, 3.05) is 33.6 Å². The van der Waals surface area contributed by atoms with Crippen molar-refractivity contribution in [2.24, 2.45) is 0 Å². The second-order valence-corrected chi connectivity index (χ2v) is 10.2. The summed E-state index contributed by atoms with van der Waals surface area (Å²) < 4.78 is 26.6. The molecule has 1 unspecified atom stereocenters. The van der Waals surface area contributed by atoms with Gasteiger partial charge in [0.2, 0.25) is 0 Å². The molecular weight excluding hydrogens is 387 g/mol. The van der Waals surface area contributed by atoms with E-state index in [1.807, 2.05) is 0 Å². The van der Waals surface area contributed by atoms with Gasteiger partial charge in [-0.15, -0.1) is 0 Å². The highest BCUT2D eigenvalue weighted by Gasteiger charge is 2.16. The lowest BCUT2D eigenvalue weighted by molar-refractivity contribution is -0.198. The number of hydrogen-bond acceptors (Lipinski definition) is 5. The summed E-state index contributed by atoms with van der Waals surface area (Å²) in [4.78, 5) is 11.4. The van der Waals surface area contributed by atoms with E-state index >= 15 is 0 Å². The average molecular weight is 436 g/mol. The van der Waals surface area contributed by atoms with Gasteiger partial charge in [-0.05, 0) is 6.42 Å².